The van der Waals surface area contributed by atoms with Crippen molar-refractivity contribution in [1.82, 2.24) is 5.32 Å². The first kappa shape index (κ1) is 14.0. The van der Waals surface area contributed by atoms with Crippen molar-refractivity contribution in [2.24, 2.45) is 11.3 Å². The third-order valence-corrected chi connectivity index (χ3v) is 3.64. The molecule has 2 heteroatoms. The molecule has 2 nitrogen and oxygen atoms in total. The minimum atomic E-state index is 0.549. The first-order valence-corrected chi connectivity index (χ1v) is 6.97. The van der Waals surface area contributed by atoms with Gasteiger partial charge in [0.15, 0.2) is 0 Å². The van der Waals surface area contributed by atoms with Crippen molar-refractivity contribution in [1.29, 1.82) is 0 Å². The van der Waals surface area contributed by atoms with Gasteiger partial charge in [0.1, 0.15) is 0 Å². The van der Waals surface area contributed by atoms with Gasteiger partial charge in [-0.1, -0.05) is 33.6 Å². The highest BCUT2D eigenvalue weighted by molar-refractivity contribution is 4.86. The Bertz CT molecular complexity index is 174. The van der Waals surface area contributed by atoms with E-state index in [1.807, 2.05) is 0 Å². The van der Waals surface area contributed by atoms with Gasteiger partial charge in [0, 0.05) is 19.8 Å². The van der Waals surface area contributed by atoms with Gasteiger partial charge in [-0.3, -0.25) is 0 Å². The molecule has 96 valence electrons. The Morgan fingerprint density at radius 1 is 1.25 bits per heavy atom. The number of ether oxygens (including phenoxy) is 1. The monoisotopic (exact) mass is 227 g/mol. The van der Waals surface area contributed by atoms with Gasteiger partial charge in [-0.25, -0.2) is 0 Å². The Labute approximate surface area is 101 Å². The Kier molecular flexibility index (Phi) is 6.37. The van der Waals surface area contributed by atoms with E-state index in [2.05, 4.69) is 26.1 Å². The second kappa shape index (κ2) is 7.29. The Morgan fingerprint density at radius 2 is 1.94 bits per heavy atom. The van der Waals surface area contributed by atoms with E-state index in [1.165, 1.54) is 38.6 Å². The van der Waals surface area contributed by atoms with Crippen LogP contribution in [0.4, 0.5) is 0 Å². The van der Waals surface area contributed by atoms with Gasteiger partial charge >= 0.3 is 0 Å². The summed E-state index contributed by atoms with van der Waals surface area (Å²) in [5.74, 6) is 0.660. The molecule has 0 radical (unpaired) electrons. The maximum Gasteiger partial charge on any atom is 0.0488 e. The maximum absolute atomic E-state index is 5.73. The molecule has 0 unspecified atom stereocenters. The Balaban J connectivity index is 2.22. The van der Waals surface area contributed by atoms with E-state index in [9.17, 15) is 0 Å². The zero-order chi connectivity index (χ0) is 11.9. The minimum Gasteiger partial charge on any atom is -0.381 e. The molecule has 0 aliphatic heterocycles. The van der Waals surface area contributed by atoms with Crippen LogP contribution in [-0.4, -0.2) is 26.3 Å². The minimum absolute atomic E-state index is 0.549. The van der Waals surface area contributed by atoms with Crippen molar-refractivity contribution in [2.75, 3.05) is 26.3 Å². The number of hydrogen-bond donors (Lipinski definition) is 1. The second-order valence-corrected chi connectivity index (χ2v) is 5.71. The molecule has 0 heterocycles. The molecular formula is C14H29NO. The van der Waals surface area contributed by atoms with Crippen LogP contribution in [0.15, 0.2) is 0 Å². The van der Waals surface area contributed by atoms with Crippen LogP contribution in [0.3, 0.4) is 0 Å². The third kappa shape index (κ3) is 4.84. The van der Waals surface area contributed by atoms with E-state index in [-0.39, 0.29) is 0 Å². The van der Waals surface area contributed by atoms with E-state index >= 15 is 0 Å². The Hall–Kier alpha value is -0.0800. The fourth-order valence-electron chi connectivity index (χ4n) is 2.64. The van der Waals surface area contributed by atoms with Crippen molar-refractivity contribution < 1.29 is 4.74 Å². The summed E-state index contributed by atoms with van der Waals surface area (Å²) in [6.45, 7) is 10.8. The molecular weight excluding hydrogens is 198 g/mol. The molecule has 1 fully saturated rings. The van der Waals surface area contributed by atoms with Crippen molar-refractivity contribution in [2.45, 2.75) is 52.9 Å². The van der Waals surface area contributed by atoms with Gasteiger partial charge in [-0.2, -0.15) is 0 Å². The van der Waals surface area contributed by atoms with Gasteiger partial charge in [0.05, 0.1) is 0 Å². The topological polar surface area (TPSA) is 21.3 Å². The molecule has 1 N–H and O–H groups in total. The molecule has 0 aromatic heterocycles. The van der Waals surface area contributed by atoms with Gasteiger partial charge in [-0.15, -0.1) is 0 Å². The number of hydrogen-bond acceptors (Lipinski definition) is 2. The summed E-state index contributed by atoms with van der Waals surface area (Å²) in [7, 11) is 0. The zero-order valence-electron chi connectivity index (χ0n) is 11.3. The average molecular weight is 227 g/mol. The predicted molar refractivity (Wildman–Crippen MR) is 69.7 cm³/mol. The summed E-state index contributed by atoms with van der Waals surface area (Å²) in [5, 5.41) is 3.53. The summed E-state index contributed by atoms with van der Waals surface area (Å²) >= 11 is 0. The van der Waals surface area contributed by atoms with E-state index < -0.39 is 0 Å². The van der Waals surface area contributed by atoms with Crippen LogP contribution in [0.1, 0.15) is 52.9 Å². The SMILES string of the molecule is CCNCC1(CCOCC(C)C)CCCC1. The molecule has 0 saturated heterocycles. The fourth-order valence-corrected chi connectivity index (χ4v) is 2.64. The fraction of sp³-hybridized carbons (Fsp3) is 1.00. The molecule has 0 aromatic carbocycles. The normalized spacial score (nSPS) is 19.5. The van der Waals surface area contributed by atoms with E-state index in [0.29, 0.717) is 11.3 Å². The van der Waals surface area contributed by atoms with Crippen LogP contribution in [-0.2, 0) is 4.74 Å². The summed E-state index contributed by atoms with van der Waals surface area (Å²) in [6, 6.07) is 0. The molecule has 0 aromatic rings. The first-order valence-electron chi connectivity index (χ1n) is 6.97. The van der Waals surface area contributed by atoms with Crippen molar-refractivity contribution >= 4 is 0 Å². The molecule has 0 spiro atoms. The standard InChI is InChI=1S/C14H29NO/c1-4-15-12-14(7-5-6-8-14)9-10-16-11-13(2)3/h13,15H,4-12H2,1-3H3. The molecule has 0 amide bonds. The van der Waals surface area contributed by atoms with Gasteiger partial charge in [-0.05, 0) is 37.1 Å². The average Bonchev–Trinajstić information content (AvgIpc) is 2.71. The van der Waals surface area contributed by atoms with E-state index in [0.717, 1.165) is 19.8 Å². The summed E-state index contributed by atoms with van der Waals surface area (Å²) < 4.78 is 5.73. The van der Waals surface area contributed by atoms with Crippen LogP contribution in [0.5, 0.6) is 0 Å². The highest BCUT2D eigenvalue weighted by Gasteiger charge is 2.32. The quantitative estimate of drug-likeness (QED) is 0.643. The number of nitrogens with one attached hydrogen (secondary N) is 1. The smallest absolute Gasteiger partial charge is 0.0488 e. The zero-order valence-corrected chi connectivity index (χ0v) is 11.3. The summed E-state index contributed by atoms with van der Waals surface area (Å²) in [5.41, 5.74) is 0.549. The maximum atomic E-state index is 5.73. The third-order valence-electron chi connectivity index (χ3n) is 3.64. The van der Waals surface area contributed by atoms with Gasteiger partial charge in [0.25, 0.3) is 0 Å². The van der Waals surface area contributed by atoms with Gasteiger partial charge in [0.2, 0.25) is 0 Å². The predicted octanol–water partition coefficient (Wildman–Crippen LogP) is 3.22. The summed E-state index contributed by atoms with van der Waals surface area (Å²) in [4.78, 5) is 0. The van der Waals surface area contributed by atoms with E-state index in [4.69, 9.17) is 4.74 Å². The largest absolute Gasteiger partial charge is 0.381 e. The van der Waals surface area contributed by atoms with Crippen LogP contribution in [0.2, 0.25) is 0 Å². The van der Waals surface area contributed by atoms with Crippen LogP contribution >= 0.6 is 0 Å². The number of rotatable bonds is 8. The molecule has 16 heavy (non-hydrogen) atoms. The Morgan fingerprint density at radius 3 is 2.50 bits per heavy atom. The lowest BCUT2D eigenvalue weighted by molar-refractivity contribution is 0.0770. The van der Waals surface area contributed by atoms with Crippen LogP contribution < -0.4 is 5.32 Å². The molecule has 0 bridgehead atoms. The molecule has 1 saturated carbocycles. The lowest BCUT2D eigenvalue weighted by atomic mass is 9.83. The van der Waals surface area contributed by atoms with Crippen LogP contribution in [0, 0.1) is 11.3 Å². The van der Waals surface area contributed by atoms with Gasteiger partial charge < -0.3 is 10.1 Å². The molecule has 1 aliphatic carbocycles. The molecule has 1 rings (SSSR count). The van der Waals surface area contributed by atoms with Crippen molar-refractivity contribution in [3.05, 3.63) is 0 Å². The lowest BCUT2D eigenvalue weighted by Crippen LogP contribution is -2.33. The second-order valence-electron chi connectivity index (χ2n) is 5.71. The first-order chi connectivity index (χ1) is 7.68. The summed E-state index contributed by atoms with van der Waals surface area (Å²) in [6.07, 6.45) is 6.86. The highest BCUT2D eigenvalue weighted by Crippen LogP contribution is 2.40. The molecule has 1 aliphatic rings. The highest BCUT2D eigenvalue weighted by atomic mass is 16.5. The van der Waals surface area contributed by atoms with Crippen LogP contribution in [0.25, 0.3) is 0 Å². The van der Waals surface area contributed by atoms with Crippen molar-refractivity contribution in [3.8, 4) is 0 Å². The molecule has 0 atom stereocenters. The van der Waals surface area contributed by atoms with E-state index in [1.54, 1.807) is 0 Å². The lowest BCUT2D eigenvalue weighted by Gasteiger charge is -2.29. The van der Waals surface area contributed by atoms with Crippen molar-refractivity contribution in [3.63, 3.8) is 0 Å².